The highest BCUT2D eigenvalue weighted by molar-refractivity contribution is 4.92. The van der Waals surface area contributed by atoms with Crippen molar-refractivity contribution < 1.29 is 4.52 Å². The minimum atomic E-state index is 0.365. The van der Waals surface area contributed by atoms with Crippen LogP contribution in [0.1, 0.15) is 44.3 Å². The second kappa shape index (κ2) is 4.97. The van der Waals surface area contributed by atoms with Crippen LogP contribution >= 0.6 is 0 Å². The molecule has 4 heteroatoms. The highest BCUT2D eigenvalue weighted by Gasteiger charge is 2.12. The van der Waals surface area contributed by atoms with Gasteiger partial charge in [0, 0.05) is 12.3 Å². The van der Waals surface area contributed by atoms with Crippen molar-refractivity contribution in [3.63, 3.8) is 0 Å². The van der Waals surface area contributed by atoms with E-state index in [-0.39, 0.29) is 0 Å². The van der Waals surface area contributed by atoms with Crippen LogP contribution < -0.4 is 5.73 Å². The first-order valence-electron chi connectivity index (χ1n) is 4.80. The molecule has 0 aliphatic rings. The van der Waals surface area contributed by atoms with E-state index in [1.165, 1.54) is 0 Å². The van der Waals surface area contributed by atoms with Crippen molar-refractivity contribution >= 4 is 0 Å². The molecule has 0 saturated heterocycles. The summed E-state index contributed by atoms with van der Waals surface area (Å²) in [4.78, 5) is 4.26. The van der Waals surface area contributed by atoms with Gasteiger partial charge >= 0.3 is 0 Å². The van der Waals surface area contributed by atoms with Gasteiger partial charge in [0.2, 0.25) is 5.89 Å². The van der Waals surface area contributed by atoms with Crippen LogP contribution in [0.15, 0.2) is 4.52 Å². The first kappa shape index (κ1) is 10.2. The second-order valence-electron chi connectivity index (χ2n) is 3.28. The zero-order valence-electron chi connectivity index (χ0n) is 8.29. The quantitative estimate of drug-likeness (QED) is 0.750. The van der Waals surface area contributed by atoms with E-state index in [1.807, 2.05) is 0 Å². The van der Waals surface area contributed by atoms with E-state index in [1.54, 1.807) is 0 Å². The largest absolute Gasteiger partial charge is 0.339 e. The molecule has 1 heterocycles. The monoisotopic (exact) mass is 183 g/mol. The van der Waals surface area contributed by atoms with E-state index in [4.69, 9.17) is 10.3 Å². The van der Waals surface area contributed by atoms with E-state index >= 15 is 0 Å². The molecule has 0 saturated carbocycles. The van der Waals surface area contributed by atoms with Crippen LogP contribution in [0.3, 0.4) is 0 Å². The molecule has 0 amide bonds. The van der Waals surface area contributed by atoms with Gasteiger partial charge in [-0.25, -0.2) is 0 Å². The zero-order chi connectivity index (χ0) is 9.68. The lowest BCUT2D eigenvalue weighted by atomic mass is 10.1. The average Bonchev–Trinajstić information content (AvgIpc) is 2.54. The lowest BCUT2D eigenvalue weighted by molar-refractivity contribution is 0.349. The third kappa shape index (κ3) is 2.81. The standard InChI is InChI=1S/C9H17N3O/c1-3-4-7(2)9-11-8(5-6-10)12-13-9/h7H,3-6,10H2,1-2H3. The smallest absolute Gasteiger partial charge is 0.229 e. The van der Waals surface area contributed by atoms with E-state index in [0.29, 0.717) is 18.9 Å². The number of hydrogen-bond acceptors (Lipinski definition) is 4. The summed E-state index contributed by atoms with van der Waals surface area (Å²) < 4.78 is 5.11. The summed E-state index contributed by atoms with van der Waals surface area (Å²) in [5.41, 5.74) is 5.38. The van der Waals surface area contributed by atoms with Crippen LogP contribution in [0.25, 0.3) is 0 Å². The first-order valence-corrected chi connectivity index (χ1v) is 4.80. The summed E-state index contributed by atoms with van der Waals surface area (Å²) in [5.74, 6) is 1.83. The molecule has 1 unspecified atom stereocenters. The van der Waals surface area contributed by atoms with Gasteiger partial charge in [-0.05, 0) is 13.0 Å². The van der Waals surface area contributed by atoms with Crippen molar-refractivity contribution in [2.45, 2.75) is 39.0 Å². The normalized spacial score (nSPS) is 13.2. The number of rotatable bonds is 5. The fraction of sp³-hybridized carbons (Fsp3) is 0.778. The van der Waals surface area contributed by atoms with Crippen molar-refractivity contribution in [2.24, 2.45) is 5.73 Å². The minimum Gasteiger partial charge on any atom is -0.339 e. The summed E-state index contributed by atoms with van der Waals surface area (Å²) >= 11 is 0. The lowest BCUT2D eigenvalue weighted by Crippen LogP contribution is -2.04. The topological polar surface area (TPSA) is 64.9 Å². The zero-order valence-corrected chi connectivity index (χ0v) is 8.29. The Hall–Kier alpha value is -0.900. The Morgan fingerprint density at radius 2 is 2.31 bits per heavy atom. The van der Waals surface area contributed by atoms with E-state index in [9.17, 15) is 0 Å². The van der Waals surface area contributed by atoms with Gasteiger partial charge in [0.1, 0.15) is 0 Å². The summed E-state index contributed by atoms with van der Waals surface area (Å²) in [6.45, 7) is 4.82. The van der Waals surface area contributed by atoms with E-state index in [0.717, 1.165) is 24.6 Å². The maximum atomic E-state index is 5.38. The lowest BCUT2D eigenvalue weighted by Gasteiger charge is -2.01. The molecule has 2 N–H and O–H groups in total. The molecule has 1 rings (SSSR count). The maximum Gasteiger partial charge on any atom is 0.229 e. The summed E-state index contributed by atoms with van der Waals surface area (Å²) in [5, 5.41) is 3.84. The summed E-state index contributed by atoms with van der Waals surface area (Å²) in [6, 6.07) is 0. The van der Waals surface area contributed by atoms with Crippen LogP contribution in [-0.4, -0.2) is 16.7 Å². The molecule has 4 nitrogen and oxygen atoms in total. The van der Waals surface area contributed by atoms with Gasteiger partial charge in [-0.3, -0.25) is 0 Å². The highest BCUT2D eigenvalue weighted by Crippen LogP contribution is 2.18. The molecule has 0 spiro atoms. The molecular weight excluding hydrogens is 166 g/mol. The Morgan fingerprint density at radius 1 is 1.54 bits per heavy atom. The second-order valence-corrected chi connectivity index (χ2v) is 3.28. The number of nitrogens with zero attached hydrogens (tertiary/aromatic N) is 2. The fourth-order valence-corrected chi connectivity index (χ4v) is 1.25. The van der Waals surface area contributed by atoms with Gasteiger partial charge in [0.05, 0.1) is 0 Å². The van der Waals surface area contributed by atoms with Gasteiger partial charge in [-0.2, -0.15) is 4.98 Å². The molecule has 0 aromatic carbocycles. The number of aromatic nitrogens is 2. The van der Waals surface area contributed by atoms with Crippen molar-refractivity contribution in [3.05, 3.63) is 11.7 Å². The van der Waals surface area contributed by atoms with Gasteiger partial charge in [0.15, 0.2) is 5.82 Å². The van der Waals surface area contributed by atoms with Crippen molar-refractivity contribution in [3.8, 4) is 0 Å². The van der Waals surface area contributed by atoms with Crippen LogP contribution in [0, 0.1) is 0 Å². The van der Waals surface area contributed by atoms with Gasteiger partial charge < -0.3 is 10.3 Å². The summed E-state index contributed by atoms with van der Waals surface area (Å²) in [6.07, 6.45) is 2.92. The average molecular weight is 183 g/mol. The molecule has 0 aliphatic carbocycles. The van der Waals surface area contributed by atoms with Crippen LogP contribution in [0.5, 0.6) is 0 Å². The summed E-state index contributed by atoms with van der Waals surface area (Å²) in [7, 11) is 0. The fourth-order valence-electron chi connectivity index (χ4n) is 1.25. The predicted octanol–water partition coefficient (Wildman–Crippen LogP) is 1.47. The predicted molar refractivity (Wildman–Crippen MR) is 50.4 cm³/mol. The van der Waals surface area contributed by atoms with Crippen LogP contribution in [0.2, 0.25) is 0 Å². The van der Waals surface area contributed by atoms with Crippen LogP contribution in [-0.2, 0) is 6.42 Å². The van der Waals surface area contributed by atoms with Crippen molar-refractivity contribution in [1.29, 1.82) is 0 Å². The Labute approximate surface area is 78.5 Å². The molecule has 1 aromatic rings. The third-order valence-electron chi connectivity index (χ3n) is 2.00. The Bertz CT molecular complexity index is 247. The SMILES string of the molecule is CCCC(C)c1nc(CCN)no1. The molecule has 0 bridgehead atoms. The molecule has 1 atom stereocenters. The molecule has 0 aliphatic heterocycles. The molecule has 0 radical (unpaired) electrons. The molecule has 1 aromatic heterocycles. The Morgan fingerprint density at radius 3 is 2.92 bits per heavy atom. The van der Waals surface area contributed by atoms with Gasteiger partial charge in [-0.15, -0.1) is 0 Å². The van der Waals surface area contributed by atoms with Crippen molar-refractivity contribution in [2.75, 3.05) is 6.54 Å². The first-order chi connectivity index (χ1) is 6.27. The van der Waals surface area contributed by atoms with Gasteiger partial charge in [-0.1, -0.05) is 25.4 Å². The molecule has 13 heavy (non-hydrogen) atoms. The highest BCUT2D eigenvalue weighted by atomic mass is 16.5. The van der Waals surface area contributed by atoms with E-state index in [2.05, 4.69) is 24.0 Å². The molecular formula is C9H17N3O. The maximum absolute atomic E-state index is 5.38. The van der Waals surface area contributed by atoms with E-state index < -0.39 is 0 Å². The number of hydrogen-bond donors (Lipinski definition) is 1. The Balaban J connectivity index is 2.56. The number of nitrogens with two attached hydrogens (primary N) is 1. The van der Waals surface area contributed by atoms with Crippen LogP contribution in [0.4, 0.5) is 0 Å². The Kier molecular flexibility index (Phi) is 3.89. The minimum absolute atomic E-state index is 0.365. The third-order valence-corrected chi connectivity index (χ3v) is 2.00. The van der Waals surface area contributed by atoms with Crippen molar-refractivity contribution in [1.82, 2.24) is 10.1 Å². The molecule has 74 valence electrons. The van der Waals surface area contributed by atoms with Gasteiger partial charge in [0.25, 0.3) is 0 Å². The molecule has 0 fully saturated rings.